The van der Waals surface area contributed by atoms with Gasteiger partial charge in [0.15, 0.2) is 5.69 Å². The van der Waals surface area contributed by atoms with Gasteiger partial charge in [-0.15, -0.1) is 0 Å². The summed E-state index contributed by atoms with van der Waals surface area (Å²) in [5.74, 6) is 1.24. The zero-order chi connectivity index (χ0) is 18.4. The molecule has 26 heavy (non-hydrogen) atoms. The van der Waals surface area contributed by atoms with E-state index in [1.165, 1.54) is 31.2 Å². The van der Waals surface area contributed by atoms with E-state index in [1.807, 2.05) is 19.1 Å². The summed E-state index contributed by atoms with van der Waals surface area (Å²) in [5, 5.41) is 7.10. The van der Waals surface area contributed by atoms with Crippen LogP contribution in [0, 0.1) is 6.92 Å². The summed E-state index contributed by atoms with van der Waals surface area (Å²) < 4.78 is 11.1. The van der Waals surface area contributed by atoms with Crippen LogP contribution < -0.4 is 10.1 Å². The third-order valence-electron chi connectivity index (χ3n) is 5.10. The molecular formula is C21H28N2O3. The molecule has 3 rings (SSSR count). The molecule has 0 unspecified atom stereocenters. The van der Waals surface area contributed by atoms with Gasteiger partial charge in [-0.1, -0.05) is 49.9 Å². The highest BCUT2D eigenvalue weighted by atomic mass is 16.5. The zero-order valence-corrected chi connectivity index (χ0v) is 15.7. The third kappa shape index (κ3) is 4.65. The SMILES string of the molecule is CCc1ccc(OCc2c(C(=O)NC3CCCCCC3)noc2C)cc1. The van der Waals surface area contributed by atoms with E-state index < -0.39 is 0 Å². The van der Waals surface area contributed by atoms with Crippen molar-refractivity contribution in [3.05, 3.63) is 46.8 Å². The average Bonchev–Trinajstić information content (AvgIpc) is 2.85. The van der Waals surface area contributed by atoms with Crippen molar-refractivity contribution in [2.45, 2.75) is 71.4 Å². The number of aryl methyl sites for hydroxylation is 2. The van der Waals surface area contributed by atoms with Gasteiger partial charge in [-0.05, 0) is 43.9 Å². The molecule has 0 aliphatic heterocycles. The Balaban J connectivity index is 1.64. The Morgan fingerprint density at radius 1 is 1.19 bits per heavy atom. The van der Waals surface area contributed by atoms with E-state index in [0.717, 1.165) is 30.6 Å². The summed E-state index contributed by atoms with van der Waals surface area (Å²) >= 11 is 0. The van der Waals surface area contributed by atoms with Gasteiger partial charge >= 0.3 is 0 Å². The third-order valence-corrected chi connectivity index (χ3v) is 5.10. The van der Waals surface area contributed by atoms with Crippen molar-refractivity contribution in [1.82, 2.24) is 10.5 Å². The fraction of sp³-hybridized carbons (Fsp3) is 0.524. The number of benzene rings is 1. The Kier molecular flexibility index (Phi) is 6.31. The number of carbonyl (C=O) groups excluding carboxylic acids is 1. The highest BCUT2D eigenvalue weighted by molar-refractivity contribution is 5.93. The fourth-order valence-electron chi connectivity index (χ4n) is 3.39. The molecule has 0 spiro atoms. The molecular weight excluding hydrogens is 328 g/mol. The number of rotatable bonds is 6. The van der Waals surface area contributed by atoms with Crippen molar-refractivity contribution < 1.29 is 14.1 Å². The van der Waals surface area contributed by atoms with Gasteiger partial charge in [0, 0.05) is 6.04 Å². The second kappa shape index (κ2) is 8.88. The lowest BCUT2D eigenvalue weighted by Gasteiger charge is -2.15. The molecule has 5 nitrogen and oxygen atoms in total. The smallest absolute Gasteiger partial charge is 0.274 e. The number of nitrogens with one attached hydrogen (secondary N) is 1. The topological polar surface area (TPSA) is 64.4 Å². The maximum atomic E-state index is 12.7. The van der Waals surface area contributed by atoms with E-state index in [1.54, 1.807) is 0 Å². The van der Waals surface area contributed by atoms with Crippen molar-refractivity contribution >= 4 is 5.91 Å². The second-order valence-electron chi connectivity index (χ2n) is 7.01. The first-order chi connectivity index (χ1) is 12.7. The quantitative estimate of drug-likeness (QED) is 0.770. The van der Waals surface area contributed by atoms with Crippen LogP contribution in [-0.2, 0) is 13.0 Å². The molecule has 1 saturated carbocycles. The first kappa shape index (κ1) is 18.5. The van der Waals surface area contributed by atoms with Crippen LogP contribution >= 0.6 is 0 Å². The van der Waals surface area contributed by atoms with Crippen molar-refractivity contribution in [3.63, 3.8) is 0 Å². The average molecular weight is 356 g/mol. The molecule has 1 aromatic heterocycles. The first-order valence-electron chi connectivity index (χ1n) is 9.65. The number of nitrogens with zero attached hydrogens (tertiary/aromatic N) is 1. The Hall–Kier alpha value is -2.30. The van der Waals surface area contributed by atoms with Crippen LogP contribution in [0.25, 0.3) is 0 Å². The summed E-state index contributed by atoms with van der Waals surface area (Å²) in [6, 6.07) is 8.24. The minimum Gasteiger partial charge on any atom is -0.489 e. The largest absolute Gasteiger partial charge is 0.489 e. The van der Waals surface area contributed by atoms with Crippen molar-refractivity contribution in [2.24, 2.45) is 0 Å². The van der Waals surface area contributed by atoms with E-state index in [0.29, 0.717) is 11.5 Å². The number of hydrogen-bond acceptors (Lipinski definition) is 4. The molecule has 1 fully saturated rings. The van der Waals surface area contributed by atoms with Crippen LogP contribution in [0.5, 0.6) is 5.75 Å². The Morgan fingerprint density at radius 3 is 2.54 bits per heavy atom. The van der Waals surface area contributed by atoms with Crippen LogP contribution in [0.1, 0.15) is 72.8 Å². The van der Waals surface area contributed by atoms with E-state index in [9.17, 15) is 4.79 Å². The maximum absolute atomic E-state index is 12.7. The van der Waals surface area contributed by atoms with E-state index in [-0.39, 0.29) is 18.6 Å². The number of amides is 1. The van der Waals surface area contributed by atoms with Crippen LogP contribution in [0.3, 0.4) is 0 Å². The molecule has 1 aliphatic rings. The summed E-state index contributed by atoms with van der Waals surface area (Å²) in [4.78, 5) is 12.7. The van der Waals surface area contributed by atoms with Crippen molar-refractivity contribution in [2.75, 3.05) is 0 Å². The summed E-state index contributed by atoms with van der Waals surface area (Å²) in [7, 11) is 0. The van der Waals surface area contributed by atoms with Crippen LogP contribution in [-0.4, -0.2) is 17.1 Å². The molecule has 0 bridgehead atoms. The maximum Gasteiger partial charge on any atom is 0.274 e. The number of hydrogen-bond donors (Lipinski definition) is 1. The number of ether oxygens (including phenoxy) is 1. The predicted molar refractivity (Wildman–Crippen MR) is 100 cm³/mol. The van der Waals surface area contributed by atoms with Gasteiger partial charge in [0.2, 0.25) is 0 Å². The van der Waals surface area contributed by atoms with Gasteiger partial charge in [0.25, 0.3) is 5.91 Å². The lowest BCUT2D eigenvalue weighted by atomic mass is 10.1. The monoisotopic (exact) mass is 356 g/mol. The lowest BCUT2D eigenvalue weighted by molar-refractivity contribution is 0.0922. The van der Waals surface area contributed by atoms with E-state index in [2.05, 4.69) is 29.5 Å². The molecule has 1 heterocycles. The Morgan fingerprint density at radius 2 is 1.88 bits per heavy atom. The number of aromatic nitrogens is 1. The molecule has 1 N–H and O–H groups in total. The molecule has 1 aromatic carbocycles. The van der Waals surface area contributed by atoms with Gasteiger partial charge in [-0.3, -0.25) is 4.79 Å². The highest BCUT2D eigenvalue weighted by Gasteiger charge is 2.23. The van der Waals surface area contributed by atoms with Crippen LogP contribution in [0.15, 0.2) is 28.8 Å². The van der Waals surface area contributed by atoms with Gasteiger partial charge in [0.1, 0.15) is 18.1 Å². The number of carbonyl (C=O) groups is 1. The zero-order valence-electron chi connectivity index (χ0n) is 15.7. The fourth-order valence-corrected chi connectivity index (χ4v) is 3.39. The Labute approximate surface area is 155 Å². The molecule has 0 saturated heterocycles. The van der Waals surface area contributed by atoms with Gasteiger partial charge in [-0.25, -0.2) is 0 Å². The molecule has 5 heteroatoms. The molecule has 140 valence electrons. The molecule has 1 aliphatic carbocycles. The standard InChI is InChI=1S/C21H28N2O3/c1-3-16-10-12-18(13-11-16)25-14-19-15(2)26-23-20(19)21(24)22-17-8-6-4-5-7-9-17/h10-13,17H,3-9,14H2,1-2H3,(H,22,24). The predicted octanol–water partition coefficient (Wildman–Crippen LogP) is 4.58. The minimum atomic E-state index is -0.159. The molecule has 1 amide bonds. The highest BCUT2D eigenvalue weighted by Crippen LogP contribution is 2.21. The van der Waals surface area contributed by atoms with Crippen LogP contribution in [0.2, 0.25) is 0 Å². The first-order valence-corrected chi connectivity index (χ1v) is 9.65. The van der Waals surface area contributed by atoms with Crippen molar-refractivity contribution in [1.29, 1.82) is 0 Å². The molecule has 0 radical (unpaired) electrons. The van der Waals surface area contributed by atoms with Gasteiger partial charge in [0.05, 0.1) is 5.56 Å². The summed E-state index contributed by atoms with van der Waals surface area (Å²) in [6.45, 7) is 4.21. The van der Waals surface area contributed by atoms with Gasteiger partial charge in [-0.2, -0.15) is 0 Å². The van der Waals surface area contributed by atoms with Gasteiger partial charge < -0.3 is 14.6 Å². The normalized spacial score (nSPS) is 15.5. The summed E-state index contributed by atoms with van der Waals surface area (Å²) in [5.41, 5.74) is 2.33. The Bertz CT molecular complexity index is 713. The van der Waals surface area contributed by atoms with Crippen molar-refractivity contribution in [3.8, 4) is 5.75 Å². The van der Waals surface area contributed by atoms with Crippen LogP contribution in [0.4, 0.5) is 0 Å². The second-order valence-corrected chi connectivity index (χ2v) is 7.01. The minimum absolute atomic E-state index is 0.159. The lowest BCUT2D eigenvalue weighted by Crippen LogP contribution is -2.35. The summed E-state index contributed by atoms with van der Waals surface area (Å²) in [6.07, 6.45) is 7.93. The van der Waals surface area contributed by atoms with E-state index in [4.69, 9.17) is 9.26 Å². The molecule has 0 atom stereocenters. The van der Waals surface area contributed by atoms with E-state index >= 15 is 0 Å². The molecule has 2 aromatic rings.